The van der Waals surface area contributed by atoms with Crippen molar-refractivity contribution in [1.82, 2.24) is 19.7 Å². The van der Waals surface area contributed by atoms with Crippen LogP contribution in [0.5, 0.6) is 0 Å². The molecule has 2 aromatic rings. The summed E-state index contributed by atoms with van der Waals surface area (Å²) in [6.45, 7) is 12.6. The minimum Gasteiger partial charge on any atom is -0.299 e. The third-order valence-corrected chi connectivity index (χ3v) is 5.37. The summed E-state index contributed by atoms with van der Waals surface area (Å²) in [4.78, 5) is 7.22. The van der Waals surface area contributed by atoms with Crippen molar-refractivity contribution in [2.24, 2.45) is 18.4 Å². The van der Waals surface area contributed by atoms with E-state index in [0.717, 1.165) is 23.8 Å². The highest BCUT2D eigenvalue weighted by molar-refractivity contribution is 5.78. The van der Waals surface area contributed by atoms with E-state index in [0.29, 0.717) is 5.41 Å². The maximum Gasteiger partial charge on any atom is 0.157 e. The first kappa shape index (κ1) is 16.4. The van der Waals surface area contributed by atoms with Crippen LogP contribution in [0.25, 0.3) is 11.0 Å². The number of rotatable bonds is 2. The highest BCUT2D eigenvalue weighted by Crippen LogP contribution is 2.34. The maximum atomic E-state index is 4.62. The Balaban J connectivity index is 1.71. The molecule has 0 aromatic carbocycles. The van der Waals surface area contributed by atoms with Gasteiger partial charge in [-0.3, -0.25) is 9.58 Å². The van der Waals surface area contributed by atoms with Crippen LogP contribution >= 0.6 is 0 Å². The molecule has 0 N–H and O–H groups in total. The predicted octanol–water partition coefficient (Wildman–Crippen LogP) is 3.92. The van der Waals surface area contributed by atoms with E-state index < -0.39 is 0 Å². The van der Waals surface area contributed by atoms with E-state index in [4.69, 9.17) is 0 Å². The lowest BCUT2D eigenvalue weighted by Crippen LogP contribution is -2.26. The lowest BCUT2D eigenvalue weighted by Gasteiger charge is -2.29. The summed E-state index contributed by atoms with van der Waals surface area (Å²) in [5, 5.41) is 5.66. The van der Waals surface area contributed by atoms with Gasteiger partial charge in [-0.2, -0.15) is 5.10 Å². The minimum atomic E-state index is 0.434. The normalized spacial score (nSPS) is 20.8. The van der Waals surface area contributed by atoms with E-state index in [1.54, 1.807) is 0 Å². The Labute approximate surface area is 139 Å². The molecule has 126 valence electrons. The van der Waals surface area contributed by atoms with E-state index in [2.05, 4.69) is 48.7 Å². The summed E-state index contributed by atoms with van der Waals surface area (Å²) in [7, 11) is 1.96. The number of fused-ring (bicyclic) bond motifs is 1. The highest BCUT2D eigenvalue weighted by Gasteiger charge is 2.27. The topological polar surface area (TPSA) is 34.0 Å². The van der Waals surface area contributed by atoms with Crippen LogP contribution in [-0.4, -0.2) is 32.8 Å². The van der Waals surface area contributed by atoms with Gasteiger partial charge in [0.15, 0.2) is 5.65 Å². The molecular weight excluding hydrogens is 284 g/mol. The van der Waals surface area contributed by atoms with E-state index in [1.165, 1.54) is 43.3 Å². The van der Waals surface area contributed by atoms with Crippen LogP contribution in [0.3, 0.4) is 0 Å². The van der Waals surface area contributed by atoms with Crippen molar-refractivity contribution in [3.05, 3.63) is 23.5 Å². The number of likely N-dealkylation sites (tertiary alicyclic amines) is 1. The molecule has 2 aromatic heterocycles. The van der Waals surface area contributed by atoms with E-state index in [9.17, 15) is 0 Å². The zero-order chi connectivity index (χ0) is 16.6. The zero-order valence-electron chi connectivity index (χ0n) is 15.3. The smallest absolute Gasteiger partial charge is 0.157 e. The molecule has 23 heavy (non-hydrogen) atoms. The van der Waals surface area contributed by atoms with Gasteiger partial charge < -0.3 is 0 Å². The average molecular weight is 314 g/mol. The van der Waals surface area contributed by atoms with E-state index in [1.807, 2.05) is 17.9 Å². The minimum absolute atomic E-state index is 0.434. The predicted molar refractivity (Wildman–Crippen MR) is 95.3 cm³/mol. The third-order valence-electron chi connectivity index (χ3n) is 5.37. The standard InChI is InChI=1S/C19H30N4/c1-14-17-11-15(12-20-18(17)22(5)21-14)13-23-9-6-7-16(8-10-23)19(2,3)4/h11-12,16H,6-10,13H2,1-5H3. The lowest BCUT2D eigenvalue weighted by atomic mass is 9.77. The largest absolute Gasteiger partial charge is 0.299 e. The Morgan fingerprint density at radius 1 is 1.22 bits per heavy atom. The molecule has 3 heterocycles. The summed E-state index contributed by atoms with van der Waals surface area (Å²) in [6.07, 6.45) is 6.00. The van der Waals surface area contributed by atoms with Crippen LogP contribution in [0.4, 0.5) is 0 Å². The first-order chi connectivity index (χ1) is 10.8. The van der Waals surface area contributed by atoms with Crippen molar-refractivity contribution in [3.63, 3.8) is 0 Å². The molecule has 0 saturated carbocycles. The molecule has 1 unspecified atom stereocenters. The summed E-state index contributed by atoms with van der Waals surface area (Å²) >= 11 is 0. The lowest BCUT2D eigenvalue weighted by molar-refractivity contribution is 0.206. The molecule has 1 atom stereocenters. The number of nitrogens with zero attached hydrogens (tertiary/aromatic N) is 4. The van der Waals surface area contributed by atoms with Crippen LogP contribution in [0.1, 0.15) is 51.3 Å². The zero-order valence-corrected chi connectivity index (χ0v) is 15.3. The van der Waals surface area contributed by atoms with Gasteiger partial charge in [-0.15, -0.1) is 0 Å². The van der Waals surface area contributed by atoms with Crippen molar-refractivity contribution in [3.8, 4) is 0 Å². The van der Waals surface area contributed by atoms with Gasteiger partial charge in [0.05, 0.1) is 5.69 Å². The first-order valence-corrected chi connectivity index (χ1v) is 8.85. The second-order valence-corrected chi connectivity index (χ2v) is 8.19. The molecule has 4 heteroatoms. The quantitative estimate of drug-likeness (QED) is 0.842. The molecule has 0 amide bonds. The van der Waals surface area contributed by atoms with Crippen LogP contribution in [0.2, 0.25) is 0 Å². The van der Waals surface area contributed by atoms with Crippen molar-refractivity contribution in [1.29, 1.82) is 0 Å². The third kappa shape index (κ3) is 3.57. The molecule has 1 aliphatic heterocycles. The van der Waals surface area contributed by atoms with Gasteiger partial charge in [0.1, 0.15) is 0 Å². The van der Waals surface area contributed by atoms with Gasteiger partial charge in [-0.05, 0) is 62.2 Å². The van der Waals surface area contributed by atoms with Crippen molar-refractivity contribution >= 4 is 11.0 Å². The Morgan fingerprint density at radius 2 is 2.00 bits per heavy atom. The molecule has 0 aliphatic carbocycles. The Bertz CT molecular complexity index is 680. The molecule has 1 fully saturated rings. The Morgan fingerprint density at radius 3 is 2.74 bits per heavy atom. The Kier molecular flexibility index (Phi) is 4.45. The fourth-order valence-electron chi connectivity index (χ4n) is 3.88. The second kappa shape index (κ2) is 6.23. The van der Waals surface area contributed by atoms with E-state index >= 15 is 0 Å². The van der Waals surface area contributed by atoms with Gasteiger partial charge >= 0.3 is 0 Å². The molecular formula is C19H30N4. The van der Waals surface area contributed by atoms with Crippen LogP contribution in [0.15, 0.2) is 12.3 Å². The molecule has 0 radical (unpaired) electrons. The maximum absolute atomic E-state index is 4.62. The SMILES string of the molecule is Cc1nn(C)c2ncc(CN3CCCC(C(C)(C)C)CC3)cc12. The number of hydrogen-bond donors (Lipinski definition) is 0. The van der Waals surface area contributed by atoms with Crippen LogP contribution in [0, 0.1) is 18.3 Å². The summed E-state index contributed by atoms with van der Waals surface area (Å²) < 4.78 is 1.87. The van der Waals surface area contributed by atoms with Gasteiger partial charge in [0.25, 0.3) is 0 Å². The molecule has 1 saturated heterocycles. The summed E-state index contributed by atoms with van der Waals surface area (Å²) in [6, 6.07) is 2.27. The average Bonchev–Trinajstić information content (AvgIpc) is 2.66. The first-order valence-electron chi connectivity index (χ1n) is 8.85. The molecule has 3 rings (SSSR count). The summed E-state index contributed by atoms with van der Waals surface area (Å²) in [5.74, 6) is 0.841. The van der Waals surface area contributed by atoms with Gasteiger partial charge in [0.2, 0.25) is 0 Å². The van der Waals surface area contributed by atoms with Gasteiger partial charge in [0, 0.05) is 25.2 Å². The van der Waals surface area contributed by atoms with Crippen LogP contribution in [-0.2, 0) is 13.6 Å². The molecule has 0 spiro atoms. The monoisotopic (exact) mass is 314 g/mol. The second-order valence-electron chi connectivity index (χ2n) is 8.19. The fourth-order valence-corrected chi connectivity index (χ4v) is 3.88. The van der Waals surface area contributed by atoms with Crippen molar-refractivity contribution < 1.29 is 0 Å². The molecule has 0 bridgehead atoms. The van der Waals surface area contributed by atoms with Gasteiger partial charge in [-0.1, -0.05) is 20.8 Å². The molecule has 4 nitrogen and oxygen atoms in total. The van der Waals surface area contributed by atoms with Crippen LogP contribution < -0.4 is 0 Å². The number of hydrogen-bond acceptors (Lipinski definition) is 3. The summed E-state index contributed by atoms with van der Waals surface area (Å²) in [5.41, 5.74) is 3.79. The van der Waals surface area contributed by atoms with Crippen molar-refractivity contribution in [2.45, 2.75) is 53.5 Å². The Hall–Kier alpha value is -1.42. The van der Waals surface area contributed by atoms with E-state index in [-0.39, 0.29) is 0 Å². The number of aromatic nitrogens is 3. The fraction of sp³-hybridized carbons (Fsp3) is 0.684. The number of pyridine rings is 1. The van der Waals surface area contributed by atoms with Gasteiger partial charge in [-0.25, -0.2) is 4.98 Å². The number of aryl methyl sites for hydroxylation is 2. The van der Waals surface area contributed by atoms with Crippen molar-refractivity contribution in [2.75, 3.05) is 13.1 Å². The highest BCUT2D eigenvalue weighted by atomic mass is 15.3. The molecule has 1 aliphatic rings.